The lowest BCUT2D eigenvalue weighted by Crippen LogP contribution is -2.37. The van der Waals surface area contributed by atoms with Crippen molar-refractivity contribution >= 4 is 33.6 Å². The third kappa shape index (κ3) is 1.39. The van der Waals surface area contributed by atoms with Gasteiger partial charge in [-0.2, -0.15) is 0 Å². The van der Waals surface area contributed by atoms with E-state index in [1.807, 2.05) is 16.4 Å². The van der Waals surface area contributed by atoms with Crippen LogP contribution in [0.5, 0.6) is 0 Å². The maximum atomic E-state index is 6.41. The van der Waals surface area contributed by atoms with Gasteiger partial charge in [0, 0.05) is 26.3 Å². The second-order valence-electron chi connectivity index (χ2n) is 5.65. The first kappa shape index (κ1) is 11.5. The molecule has 2 aromatic carbocycles. The normalized spacial score (nSPS) is 19.0. The molecule has 2 aliphatic rings. The van der Waals surface area contributed by atoms with E-state index in [0.29, 0.717) is 5.92 Å². The van der Waals surface area contributed by atoms with Crippen LogP contribution in [-0.2, 0) is 0 Å². The number of nitrogens with zero attached hydrogens (tertiary/aromatic N) is 1. The van der Waals surface area contributed by atoms with E-state index in [9.17, 15) is 0 Å². The van der Waals surface area contributed by atoms with E-state index < -0.39 is 0 Å². The van der Waals surface area contributed by atoms with Crippen molar-refractivity contribution in [3.63, 3.8) is 0 Å². The van der Waals surface area contributed by atoms with E-state index in [0.717, 1.165) is 11.9 Å². The SMILES string of the molecule is Nn1c2c(c3ccccc31)=CCC1C=2Sc2ccccc21. The van der Waals surface area contributed by atoms with E-state index in [-0.39, 0.29) is 0 Å². The molecule has 0 radical (unpaired) electrons. The number of hydrogen-bond acceptors (Lipinski definition) is 2. The highest BCUT2D eigenvalue weighted by Crippen LogP contribution is 2.51. The molecule has 3 aromatic rings. The van der Waals surface area contributed by atoms with E-state index in [2.05, 4.69) is 54.6 Å². The maximum Gasteiger partial charge on any atom is 0.0805 e. The number of aromatic nitrogens is 1. The molecule has 2 nitrogen and oxygen atoms in total. The Morgan fingerprint density at radius 3 is 2.81 bits per heavy atom. The van der Waals surface area contributed by atoms with Gasteiger partial charge in [0.05, 0.1) is 10.9 Å². The van der Waals surface area contributed by atoms with Gasteiger partial charge in [-0.1, -0.05) is 54.2 Å². The summed E-state index contributed by atoms with van der Waals surface area (Å²) >= 11 is 1.89. The molecule has 0 saturated heterocycles. The number of hydrogen-bond donors (Lipinski definition) is 1. The molecule has 0 spiro atoms. The molecule has 1 atom stereocenters. The Kier molecular flexibility index (Phi) is 2.17. The fraction of sp³-hybridized carbons (Fsp3) is 0.111. The Morgan fingerprint density at radius 1 is 1.05 bits per heavy atom. The molecule has 21 heavy (non-hydrogen) atoms. The monoisotopic (exact) mass is 290 g/mol. The highest BCUT2D eigenvalue weighted by atomic mass is 32.2. The standard InChI is InChI=1S/C18H14N2S/c19-20-15-7-3-1-5-11(15)13-9-10-14-12-6-2-4-8-16(12)21-18(14)17(13)20/h1-9,14H,10,19H2. The molecule has 1 aliphatic heterocycles. The van der Waals surface area contributed by atoms with E-state index in [1.54, 1.807) is 0 Å². The minimum atomic E-state index is 0.477. The van der Waals surface area contributed by atoms with Crippen molar-refractivity contribution in [1.29, 1.82) is 0 Å². The van der Waals surface area contributed by atoms with Crippen molar-refractivity contribution < 1.29 is 0 Å². The maximum absolute atomic E-state index is 6.41. The third-order valence-electron chi connectivity index (χ3n) is 4.57. The summed E-state index contributed by atoms with van der Waals surface area (Å²) < 4.78 is 1.88. The van der Waals surface area contributed by atoms with Crippen molar-refractivity contribution in [3.05, 3.63) is 64.7 Å². The molecule has 3 heteroatoms. The fourth-order valence-corrected chi connectivity index (χ4v) is 5.00. The van der Waals surface area contributed by atoms with Gasteiger partial charge in [0.2, 0.25) is 0 Å². The molecule has 0 bridgehead atoms. The summed E-state index contributed by atoms with van der Waals surface area (Å²) in [4.78, 5) is 2.79. The smallest absolute Gasteiger partial charge is 0.0805 e. The highest BCUT2D eigenvalue weighted by molar-refractivity contribution is 8.08. The van der Waals surface area contributed by atoms with Crippen LogP contribution in [0.25, 0.3) is 21.9 Å². The number of fused-ring (bicyclic) bond motifs is 6. The zero-order chi connectivity index (χ0) is 14.0. The summed E-state index contributed by atoms with van der Waals surface area (Å²) in [6, 6.07) is 17.1. The average Bonchev–Trinajstić information content (AvgIpc) is 3.04. The van der Waals surface area contributed by atoms with Crippen LogP contribution >= 0.6 is 11.8 Å². The first-order valence-corrected chi connectivity index (χ1v) is 8.02. The summed E-state index contributed by atoms with van der Waals surface area (Å²) in [6.07, 6.45) is 3.43. The Hall–Kier alpha value is -2.13. The van der Waals surface area contributed by atoms with Gasteiger partial charge in [-0.3, -0.25) is 4.68 Å². The van der Waals surface area contributed by atoms with E-state index >= 15 is 0 Å². The molecule has 5 rings (SSSR count). The van der Waals surface area contributed by atoms with Gasteiger partial charge in [-0.15, -0.1) is 0 Å². The van der Waals surface area contributed by atoms with Gasteiger partial charge in [-0.25, -0.2) is 0 Å². The fourth-order valence-electron chi connectivity index (χ4n) is 3.62. The molecular formula is C18H14N2S. The Bertz CT molecular complexity index is 1010. The lowest BCUT2D eigenvalue weighted by Gasteiger charge is -2.13. The second-order valence-corrected chi connectivity index (χ2v) is 6.73. The molecule has 2 N–H and O–H groups in total. The van der Waals surface area contributed by atoms with Crippen LogP contribution in [0.4, 0.5) is 0 Å². The number of benzene rings is 2. The van der Waals surface area contributed by atoms with E-state index in [4.69, 9.17) is 5.84 Å². The summed E-state index contributed by atoms with van der Waals surface area (Å²) in [6.45, 7) is 0. The highest BCUT2D eigenvalue weighted by Gasteiger charge is 2.31. The zero-order valence-electron chi connectivity index (χ0n) is 11.4. The lowest BCUT2D eigenvalue weighted by molar-refractivity contribution is 0.881. The Balaban J connectivity index is 1.94. The van der Waals surface area contributed by atoms with E-state index in [1.165, 1.54) is 31.3 Å². The van der Waals surface area contributed by atoms with Crippen LogP contribution in [-0.4, -0.2) is 4.68 Å². The molecule has 0 fully saturated rings. The first-order valence-electron chi connectivity index (χ1n) is 7.20. The number of rotatable bonds is 0. The van der Waals surface area contributed by atoms with Crippen LogP contribution in [0, 0.1) is 0 Å². The molecule has 1 aliphatic carbocycles. The van der Waals surface area contributed by atoms with Crippen LogP contribution in [0.1, 0.15) is 17.9 Å². The Labute approximate surface area is 126 Å². The topological polar surface area (TPSA) is 30.9 Å². The van der Waals surface area contributed by atoms with Crippen LogP contribution in [0.2, 0.25) is 0 Å². The minimum absolute atomic E-state index is 0.477. The number of thioether (sulfide) groups is 1. The average molecular weight is 290 g/mol. The van der Waals surface area contributed by atoms with Gasteiger partial charge >= 0.3 is 0 Å². The predicted molar refractivity (Wildman–Crippen MR) is 88.9 cm³/mol. The van der Waals surface area contributed by atoms with Crippen LogP contribution in [0.3, 0.4) is 0 Å². The quantitative estimate of drug-likeness (QED) is 0.645. The Morgan fingerprint density at radius 2 is 1.86 bits per heavy atom. The molecular weight excluding hydrogens is 276 g/mol. The lowest BCUT2D eigenvalue weighted by atomic mass is 9.92. The number of nitrogens with two attached hydrogens (primary N) is 1. The second kappa shape index (κ2) is 3.95. The minimum Gasteiger partial charge on any atom is -0.339 e. The predicted octanol–water partition coefficient (Wildman–Crippen LogP) is 2.54. The molecule has 0 saturated carbocycles. The largest absolute Gasteiger partial charge is 0.339 e. The van der Waals surface area contributed by atoms with Gasteiger partial charge in [0.25, 0.3) is 0 Å². The summed E-state index contributed by atoms with van der Waals surface area (Å²) in [5.74, 6) is 6.89. The van der Waals surface area contributed by atoms with Gasteiger partial charge < -0.3 is 5.84 Å². The number of para-hydroxylation sites is 1. The van der Waals surface area contributed by atoms with Crippen molar-refractivity contribution in [2.45, 2.75) is 17.2 Å². The molecule has 1 aromatic heterocycles. The summed E-state index contributed by atoms with van der Waals surface area (Å²) in [5, 5.41) is 3.77. The zero-order valence-corrected chi connectivity index (χ0v) is 12.2. The van der Waals surface area contributed by atoms with Gasteiger partial charge in [0.15, 0.2) is 0 Å². The van der Waals surface area contributed by atoms with Crippen molar-refractivity contribution in [1.82, 2.24) is 4.68 Å². The van der Waals surface area contributed by atoms with Gasteiger partial charge in [0.1, 0.15) is 0 Å². The molecule has 0 amide bonds. The van der Waals surface area contributed by atoms with Gasteiger partial charge in [-0.05, 0) is 24.1 Å². The van der Waals surface area contributed by atoms with Crippen molar-refractivity contribution in [2.75, 3.05) is 5.84 Å². The first-order chi connectivity index (χ1) is 10.3. The van der Waals surface area contributed by atoms with Crippen molar-refractivity contribution in [3.8, 4) is 0 Å². The van der Waals surface area contributed by atoms with Crippen LogP contribution < -0.4 is 16.4 Å². The number of nitrogen functional groups attached to an aromatic ring is 1. The molecule has 2 heterocycles. The molecule has 1 unspecified atom stereocenters. The van der Waals surface area contributed by atoms with Crippen LogP contribution in [0.15, 0.2) is 53.4 Å². The molecule has 102 valence electrons. The van der Waals surface area contributed by atoms with Crippen molar-refractivity contribution in [2.24, 2.45) is 0 Å². The third-order valence-corrected chi connectivity index (χ3v) is 5.86. The summed E-state index contributed by atoms with van der Waals surface area (Å²) in [5.41, 5.74) is 2.56. The summed E-state index contributed by atoms with van der Waals surface area (Å²) in [7, 11) is 0.